The van der Waals surface area contributed by atoms with E-state index in [2.05, 4.69) is 35.1 Å². The molecule has 2 N–H and O–H groups in total. The number of halogens is 2. The molecule has 0 saturated carbocycles. The van der Waals surface area contributed by atoms with Gasteiger partial charge >= 0.3 is 0 Å². The molecule has 1 aromatic carbocycles. The lowest BCUT2D eigenvalue weighted by molar-refractivity contribution is 0.208. The van der Waals surface area contributed by atoms with E-state index in [1.54, 1.807) is 0 Å². The molecule has 1 unspecified atom stereocenters. The van der Waals surface area contributed by atoms with Gasteiger partial charge in [-0.15, -0.1) is 0 Å². The predicted molar refractivity (Wildman–Crippen MR) is 82.3 cm³/mol. The number of aliphatic hydroxyl groups is 1. The Morgan fingerprint density at radius 2 is 2.11 bits per heavy atom. The van der Waals surface area contributed by atoms with E-state index in [0.29, 0.717) is 10.9 Å². The van der Waals surface area contributed by atoms with Gasteiger partial charge in [-0.1, -0.05) is 25.4 Å². The Morgan fingerprint density at radius 1 is 1.44 bits per heavy atom. The first-order valence-electron chi connectivity index (χ1n) is 6.20. The summed E-state index contributed by atoms with van der Waals surface area (Å²) in [4.78, 5) is 0. The summed E-state index contributed by atoms with van der Waals surface area (Å²) in [6.07, 6.45) is 2.01. The fourth-order valence-electron chi connectivity index (χ4n) is 1.71. The summed E-state index contributed by atoms with van der Waals surface area (Å²) in [5.41, 5.74) is 0.670. The van der Waals surface area contributed by atoms with Crippen molar-refractivity contribution in [3.63, 3.8) is 0 Å². The van der Waals surface area contributed by atoms with E-state index >= 15 is 0 Å². The Balaban J connectivity index is 2.74. The third-order valence-electron chi connectivity index (χ3n) is 2.99. The van der Waals surface area contributed by atoms with E-state index in [4.69, 9.17) is 11.6 Å². The normalized spacial score (nSPS) is 14.6. The van der Waals surface area contributed by atoms with Crippen molar-refractivity contribution in [3.8, 4) is 0 Å². The van der Waals surface area contributed by atoms with Gasteiger partial charge in [0.15, 0.2) is 0 Å². The lowest BCUT2D eigenvalue weighted by Gasteiger charge is -2.31. The van der Waals surface area contributed by atoms with Crippen LogP contribution < -0.4 is 5.32 Å². The molecular weight excluding hydrogens is 314 g/mol. The minimum atomic E-state index is -0.294. The van der Waals surface area contributed by atoms with Crippen molar-refractivity contribution in [3.05, 3.63) is 27.7 Å². The second-order valence-corrected chi connectivity index (χ2v) is 6.67. The molecular formula is C14H21BrClNO. The zero-order valence-corrected chi connectivity index (χ0v) is 13.5. The molecule has 102 valence electrons. The summed E-state index contributed by atoms with van der Waals surface area (Å²) in [6, 6.07) is 5.70. The second kappa shape index (κ2) is 6.78. The van der Waals surface area contributed by atoms with E-state index in [-0.39, 0.29) is 12.1 Å². The monoisotopic (exact) mass is 333 g/mol. The molecule has 0 spiro atoms. The highest BCUT2D eigenvalue weighted by Gasteiger charge is 2.23. The van der Waals surface area contributed by atoms with Gasteiger partial charge in [-0.3, -0.25) is 0 Å². The molecule has 0 amide bonds. The van der Waals surface area contributed by atoms with Gasteiger partial charge in [0.2, 0.25) is 0 Å². The molecule has 1 atom stereocenters. The summed E-state index contributed by atoms with van der Waals surface area (Å²) in [6.45, 7) is 6.53. The van der Waals surface area contributed by atoms with Gasteiger partial charge in [-0.25, -0.2) is 0 Å². The molecule has 1 aromatic rings. The minimum absolute atomic E-state index is 0.111. The maximum absolute atomic E-state index is 9.58. The Labute approximate surface area is 123 Å². The minimum Gasteiger partial charge on any atom is -0.394 e. The quantitative estimate of drug-likeness (QED) is 0.790. The van der Waals surface area contributed by atoms with Crippen LogP contribution in [0.15, 0.2) is 22.7 Å². The van der Waals surface area contributed by atoms with Crippen LogP contribution in [0.4, 0.5) is 5.69 Å². The number of hydrogen-bond donors (Lipinski definition) is 2. The van der Waals surface area contributed by atoms with Crippen molar-refractivity contribution in [1.82, 2.24) is 0 Å². The van der Waals surface area contributed by atoms with Gasteiger partial charge in [-0.05, 0) is 59.8 Å². The topological polar surface area (TPSA) is 32.3 Å². The number of nitrogens with one attached hydrogen (secondary N) is 1. The fourth-order valence-corrected chi connectivity index (χ4v) is 2.21. The molecule has 0 saturated heterocycles. The van der Waals surface area contributed by atoms with Crippen LogP contribution in [0.3, 0.4) is 0 Å². The molecule has 0 radical (unpaired) electrons. The van der Waals surface area contributed by atoms with E-state index in [1.807, 2.05) is 25.1 Å². The average Bonchev–Trinajstić information content (AvgIpc) is 2.31. The van der Waals surface area contributed by atoms with Gasteiger partial charge in [-0.2, -0.15) is 0 Å². The average molecular weight is 335 g/mol. The molecule has 4 heteroatoms. The summed E-state index contributed by atoms with van der Waals surface area (Å²) in [5.74, 6) is 0.634. The summed E-state index contributed by atoms with van der Waals surface area (Å²) < 4.78 is 0.860. The largest absolute Gasteiger partial charge is 0.394 e. The van der Waals surface area contributed by atoms with Crippen LogP contribution in [0.2, 0.25) is 5.02 Å². The maximum atomic E-state index is 9.58. The highest BCUT2D eigenvalue weighted by atomic mass is 79.9. The van der Waals surface area contributed by atoms with Gasteiger partial charge in [0.1, 0.15) is 0 Å². The van der Waals surface area contributed by atoms with Crippen molar-refractivity contribution >= 4 is 33.2 Å². The van der Waals surface area contributed by atoms with Gasteiger partial charge in [0.25, 0.3) is 0 Å². The maximum Gasteiger partial charge on any atom is 0.0658 e. The molecule has 0 aliphatic heterocycles. The standard InChI is InChI=1S/C14H21BrClNO/c1-10(2)6-7-14(3,9-18)17-11-4-5-13(16)12(15)8-11/h4-5,8,10,17-18H,6-7,9H2,1-3H3. The third kappa shape index (κ3) is 4.79. The molecule has 2 nitrogen and oxygen atoms in total. The van der Waals surface area contributed by atoms with Gasteiger partial charge in [0.05, 0.1) is 17.2 Å². The Hall–Kier alpha value is -0.250. The SMILES string of the molecule is CC(C)CCC(C)(CO)Nc1ccc(Cl)c(Br)c1. The Kier molecular flexibility index (Phi) is 5.96. The second-order valence-electron chi connectivity index (χ2n) is 5.41. The van der Waals surface area contributed by atoms with Crippen molar-refractivity contribution in [1.29, 1.82) is 0 Å². The van der Waals surface area contributed by atoms with Crippen LogP contribution in [-0.2, 0) is 0 Å². The predicted octanol–water partition coefficient (Wildman–Crippen LogP) is 4.70. The van der Waals surface area contributed by atoms with E-state index in [0.717, 1.165) is 23.0 Å². The number of anilines is 1. The van der Waals surface area contributed by atoms with Crippen LogP contribution in [0.1, 0.15) is 33.6 Å². The van der Waals surface area contributed by atoms with E-state index in [9.17, 15) is 5.11 Å². The Morgan fingerprint density at radius 3 is 2.61 bits per heavy atom. The lowest BCUT2D eigenvalue weighted by Crippen LogP contribution is -2.39. The van der Waals surface area contributed by atoms with Crippen LogP contribution in [0.25, 0.3) is 0 Å². The summed E-state index contributed by atoms with van der Waals surface area (Å²) in [7, 11) is 0. The van der Waals surface area contributed by atoms with Crippen molar-refractivity contribution < 1.29 is 5.11 Å². The van der Waals surface area contributed by atoms with E-state index in [1.165, 1.54) is 0 Å². The van der Waals surface area contributed by atoms with E-state index < -0.39 is 0 Å². The number of rotatable bonds is 6. The first-order valence-corrected chi connectivity index (χ1v) is 7.37. The molecule has 0 heterocycles. The summed E-state index contributed by atoms with van der Waals surface area (Å²) in [5, 5.41) is 13.7. The van der Waals surface area contributed by atoms with Crippen molar-refractivity contribution in [2.24, 2.45) is 5.92 Å². The highest BCUT2D eigenvalue weighted by Crippen LogP contribution is 2.28. The van der Waals surface area contributed by atoms with Crippen molar-refractivity contribution in [2.45, 2.75) is 39.2 Å². The molecule has 1 rings (SSSR count). The van der Waals surface area contributed by atoms with Gasteiger partial charge in [0, 0.05) is 10.2 Å². The number of benzene rings is 1. The first-order chi connectivity index (χ1) is 8.36. The zero-order chi connectivity index (χ0) is 13.8. The van der Waals surface area contributed by atoms with Gasteiger partial charge < -0.3 is 10.4 Å². The molecule has 18 heavy (non-hydrogen) atoms. The number of aliphatic hydroxyl groups excluding tert-OH is 1. The molecule has 0 fully saturated rings. The molecule has 0 aliphatic carbocycles. The third-order valence-corrected chi connectivity index (χ3v) is 4.20. The fraction of sp³-hybridized carbons (Fsp3) is 0.571. The van der Waals surface area contributed by atoms with Crippen LogP contribution in [0.5, 0.6) is 0 Å². The molecule has 0 bridgehead atoms. The van der Waals surface area contributed by atoms with Crippen LogP contribution in [-0.4, -0.2) is 17.3 Å². The zero-order valence-electron chi connectivity index (χ0n) is 11.1. The Bertz CT molecular complexity index is 397. The smallest absolute Gasteiger partial charge is 0.0658 e. The summed E-state index contributed by atoms with van der Waals surface area (Å²) >= 11 is 9.37. The molecule has 0 aromatic heterocycles. The first kappa shape index (κ1) is 15.8. The van der Waals surface area contributed by atoms with Crippen LogP contribution in [0, 0.1) is 5.92 Å². The van der Waals surface area contributed by atoms with Crippen molar-refractivity contribution in [2.75, 3.05) is 11.9 Å². The molecule has 0 aliphatic rings. The van der Waals surface area contributed by atoms with Crippen LogP contribution >= 0.6 is 27.5 Å². The lowest BCUT2D eigenvalue weighted by atomic mass is 9.92. The number of hydrogen-bond acceptors (Lipinski definition) is 2. The highest BCUT2D eigenvalue weighted by molar-refractivity contribution is 9.10.